The molecule has 1 atom stereocenters. The first-order valence-corrected chi connectivity index (χ1v) is 11.3. The lowest BCUT2D eigenvalue weighted by atomic mass is 10.1. The van der Waals surface area contributed by atoms with Crippen LogP contribution in [-0.4, -0.2) is 32.6 Å². The molecule has 0 saturated carbocycles. The number of rotatable bonds is 6. The van der Waals surface area contributed by atoms with E-state index < -0.39 is 6.04 Å². The Bertz CT molecular complexity index is 1440. The number of methoxy groups -OCH3 is 1. The zero-order valence-corrected chi connectivity index (χ0v) is 20.5. The van der Waals surface area contributed by atoms with Gasteiger partial charge in [-0.1, -0.05) is 36.7 Å². The lowest BCUT2D eigenvalue weighted by Gasteiger charge is -2.19. The molecule has 0 bridgehead atoms. The van der Waals surface area contributed by atoms with E-state index in [0.717, 1.165) is 11.3 Å². The lowest BCUT2D eigenvalue weighted by Crippen LogP contribution is -2.35. The molecule has 1 amide bonds. The zero-order valence-electron chi connectivity index (χ0n) is 19.7. The minimum atomic E-state index is -0.823. The van der Waals surface area contributed by atoms with Crippen LogP contribution < -0.4 is 15.6 Å². The van der Waals surface area contributed by atoms with E-state index in [-0.39, 0.29) is 11.5 Å². The summed E-state index contributed by atoms with van der Waals surface area (Å²) in [5.74, 6) is 0.0645. The van der Waals surface area contributed by atoms with Gasteiger partial charge in [0, 0.05) is 11.1 Å². The Labute approximate surface area is 202 Å². The third kappa shape index (κ3) is 4.05. The van der Waals surface area contributed by atoms with E-state index in [2.05, 4.69) is 15.5 Å². The first-order valence-electron chi connectivity index (χ1n) is 11.0. The minimum Gasteiger partial charge on any atom is -0.495 e. The van der Waals surface area contributed by atoms with E-state index in [0.29, 0.717) is 45.2 Å². The van der Waals surface area contributed by atoms with Crippen LogP contribution in [0.25, 0.3) is 16.6 Å². The number of fused-ring (bicyclic) bond motifs is 1. The summed E-state index contributed by atoms with van der Waals surface area (Å²) >= 11 is 6.19. The Hall–Kier alpha value is -3.65. The molecule has 9 heteroatoms. The number of aryl methyl sites for hydroxylation is 3. The monoisotopic (exact) mass is 479 g/mol. The van der Waals surface area contributed by atoms with Crippen molar-refractivity contribution >= 4 is 34.1 Å². The van der Waals surface area contributed by atoms with E-state index >= 15 is 0 Å². The summed E-state index contributed by atoms with van der Waals surface area (Å²) in [5, 5.41) is 13.0. The Morgan fingerprint density at radius 1 is 1.15 bits per heavy atom. The van der Waals surface area contributed by atoms with E-state index in [4.69, 9.17) is 16.3 Å². The van der Waals surface area contributed by atoms with Crippen molar-refractivity contribution in [2.75, 3.05) is 12.4 Å². The van der Waals surface area contributed by atoms with Crippen LogP contribution in [0.4, 0.5) is 5.69 Å². The molecule has 0 spiro atoms. The maximum absolute atomic E-state index is 13.6. The van der Waals surface area contributed by atoms with Gasteiger partial charge in [-0.05, 0) is 51.0 Å². The predicted molar refractivity (Wildman–Crippen MR) is 133 cm³/mol. The first-order chi connectivity index (χ1) is 16.3. The van der Waals surface area contributed by atoms with Crippen molar-refractivity contribution in [3.63, 3.8) is 0 Å². The predicted octanol–water partition coefficient (Wildman–Crippen LogP) is 4.76. The van der Waals surface area contributed by atoms with Gasteiger partial charge in [0.25, 0.3) is 5.56 Å². The average molecular weight is 480 g/mol. The molecule has 4 rings (SSSR count). The van der Waals surface area contributed by atoms with Crippen LogP contribution in [0.1, 0.15) is 36.3 Å². The number of anilines is 1. The van der Waals surface area contributed by atoms with Crippen LogP contribution in [-0.2, 0) is 4.79 Å². The van der Waals surface area contributed by atoms with Crippen LogP contribution in [0.5, 0.6) is 5.75 Å². The summed E-state index contributed by atoms with van der Waals surface area (Å²) in [6.45, 7) is 7.31. The number of halogens is 1. The number of ether oxygens (including phenoxy) is 1. The van der Waals surface area contributed by atoms with Crippen LogP contribution in [0, 0.1) is 20.8 Å². The molecule has 0 saturated heterocycles. The third-order valence-electron chi connectivity index (χ3n) is 5.86. The summed E-state index contributed by atoms with van der Waals surface area (Å²) in [6, 6.07) is 12.1. The summed E-state index contributed by atoms with van der Waals surface area (Å²) < 4.78 is 8.35. The normalized spacial score (nSPS) is 12.1. The van der Waals surface area contributed by atoms with Crippen LogP contribution in [0.2, 0.25) is 5.02 Å². The van der Waals surface area contributed by atoms with Gasteiger partial charge in [0.2, 0.25) is 5.91 Å². The fourth-order valence-corrected chi connectivity index (χ4v) is 4.18. The molecule has 0 aliphatic rings. The molecule has 0 unspecified atom stereocenters. The van der Waals surface area contributed by atoms with Crippen molar-refractivity contribution < 1.29 is 9.53 Å². The molecule has 2 aromatic carbocycles. The molecule has 0 fully saturated rings. The fraction of sp³-hybridized carbons (Fsp3) is 0.280. The lowest BCUT2D eigenvalue weighted by molar-refractivity contribution is -0.119. The standard InChI is InChI=1S/C25H26ClN5O3/c1-6-20(24(32)27-19-12-14(2)18(26)13-21(19)34-5)31-25(33)22-16(4)30(17-10-8-7-9-11-17)29-23(22)15(3)28-31/h7-13,20H,6H2,1-5H3,(H,27,32)/t20-/m0/s1. The summed E-state index contributed by atoms with van der Waals surface area (Å²) in [6.07, 6.45) is 0.366. The van der Waals surface area contributed by atoms with Crippen molar-refractivity contribution in [3.05, 3.63) is 74.8 Å². The Morgan fingerprint density at radius 2 is 1.85 bits per heavy atom. The number of nitrogens with zero attached hydrogens (tertiary/aromatic N) is 4. The molecule has 34 heavy (non-hydrogen) atoms. The van der Waals surface area contributed by atoms with E-state index in [1.807, 2.05) is 51.1 Å². The van der Waals surface area contributed by atoms with Crippen LogP contribution in [0.15, 0.2) is 47.3 Å². The number of benzene rings is 2. The second kappa shape index (κ2) is 9.30. The van der Waals surface area contributed by atoms with Gasteiger partial charge in [-0.25, -0.2) is 9.36 Å². The second-order valence-corrected chi connectivity index (χ2v) is 8.51. The van der Waals surface area contributed by atoms with Crippen molar-refractivity contribution in [2.24, 2.45) is 0 Å². The Morgan fingerprint density at radius 3 is 2.50 bits per heavy atom. The number of carbonyl (C=O) groups is 1. The van der Waals surface area contributed by atoms with Gasteiger partial charge in [0.15, 0.2) is 0 Å². The first kappa shape index (κ1) is 23.5. The zero-order chi connectivity index (χ0) is 24.6. The highest BCUT2D eigenvalue weighted by Crippen LogP contribution is 2.31. The molecule has 1 N–H and O–H groups in total. The minimum absolute atomic E-state index is 0.360. The maximum atomic E-state index is 13.6. The van der Waals surface area contributed by atoms with Crippen LogP contribution >= 0.6 is 11.6 Å². The Balaban J connectivity index is 1.78. The summed E-state index contributed by atoms with van der Waals surface area (Å²) in [5.41, 5.74) is 3.54. The Kier molecular flexibility index (Phi) is 6.43. The second-order valence-electron chi connectivity index (χ2n) is 8.11. The van der Waals surface area contributed by atoms with Gasteiger partial charge < -0.3 is 10.1 Å². The highest BCUT2D eigenvalue weighted by atomic mass is 35.5. The van der Waals surface area contributed by atoms with E-state index in [1.165, 1.54) is 11.8 Å². The number of amides is 1. The van der Waals surface area contributed by atoms with E-state index in [9.17, 15) is 9.59 Å². The number of hydrogen-bond donors (Lipinski definition) is 1. The molecular formula is C25H26ClN5O3. The number of nitrogens with one attached hydrogen (secondary N) is 1. The molecule has 0 aliphatic heterocycles. The van der Waals surface area contributed by atoms with Gasteiger partial charge >= 0.3 is 0 Å². The highest BCUT2D eigenvalue weighted by molar-refractivity contribution is 6.31. The fourth-order valence-electron chi connectivity index (χ4n) is 4.03. The third-order valence-corrected chi connectivity index (χ3v) is 6.27. The molecular weight excluding hydrogens is 454 g/mol. The highest BCUT2D eigenvalue weighted by Gasteiger charge is 2.26. The SMILES string of the molecule is CC[C@@H](C(=O)Nc1cc(C)c(Cl)cc1OC)n1nc(C)c2nn(-c3ccccc3)c(C)c2c1=O. The van der Waals surface area contributed by atoms with Crippen LogP contribution in [0.3, 0.4) is 0 Å². The molecule has 2 aromatic heterocycles. The summed E-state index contributed by atoms with van der Waals surface area (Å²) in [4.78, 5) is 26.8. The quantitative estimate of drug-likeness (QED) is 0.430. The molecule has 8 nitrogen and oxygen atoms in total. The van der Waals surface area contributed by atoms with Crippen molar-refractivity contribution in [1.29, 1.82) is 0 Å². The number of aromatic nitrogens is 4. The molecule has 0 aliphatic carbocycles. The van der Waals surface area contributed by atoms with Gasteiger partial charge in [-0.3, -0.25) is 9.59 Å². The topological polar surface area (TPSA) is 91.0 Å². The molecule has 4 aromatic rings. The van der Waals surface area contributed by atoms with Crippen molar-refractivity contribution in [3.8, 4) is 11.4 Å². The maximum Gasteiger partial charge on any atom is 0.278 e. The molecule has 176 valence electrons. The summed E-state index contributed by atoms with van der Waals surface area (Å²) in [7, 11) is 1.50. The van der Waals surface area contributed by atoms with Crippen molar-refractivity contribution in [1.82, 2.24) is 19.6 Å². The molecule has 0 radical (unpaired) electrons. The smallest absolute Gasteiger partial charge is 0.278 e. The largest absolute Gasteiger partial charge is 0.495 e. The van der Waals surface area contributed by atoms with Crippen molar-refractivity contribution in [2.45, 2.75) is 40.2 Å². The number of hydrogen-bond acceptors (Lipinski definition) is 5. The number of para-hydroxylation sites is 1. The number of carbonyl (C=O) groups excluding carboxylic acids is 1. The van der Waals surface area contributed by atoms with Gasteiger partial charge in [-0.15, -0.1) is 0 Å². The van der Waals surface area contributed by atoms with E-state index in [1.54, 1.807) is 23.7 Å². The van der Waals surface area contributed by atoms with Gasteiger partial charge in [0.05, 0.1) is 35.3 Å². The average Bonchev–Trinajstić information content (AvgIpc) is 3.18. The van der Waals surface area contributed by atoms with Gasteiger partial charge in [-0.2, -0.15) is 10.2 Å². The van der Waals surface area contributed by atoms with Gasteiger partial charge in [0.1, 0.15) is 17.3 Å². The molecule has 2 heterocycles.